The van der Waals surface area contributed by atoms with Crippen LogP contribution in [0.2, 0.25) is 0 Å². The van der Waals surface area contributed by atoms with Crippen molar-refractivity contribution in [2.45, 2.75) is 26.7 Å². The van der Waals surface area contributed by atoms with Gasteiger partial charge >= 0.3 is 0 Å². The fourth-order valence-electron chi connectivity index (χ4n) is 1.09. The number of hydrogen-bond donors (Lipinski definition) is 0. The van der Waals surface area contributed by atoms with E-state index in [0.29, 0.717) is 6.42 Å². The minimum absolute atomic E-state index is 0.181. The summed E-state index contributed by atoms with van der Waals surface area (Å²) >= 11 is 5.15. The maximum absolute atomic E-state index is 11.2. The van der Waals surface area contributed by atoms with E-state index in [2.05, 4.69) is 0 Å². The fourth-order valence-corrected chi connectivity index (χ4v) is 1.18. The molecule has 82 valence electrons. The molecule has 4 heteroatoms. The van der Waals surface area contributed by atoms with Crippen LogP contribution in [-0.2, 0) is 4.79 Å². The Morgan fingerprint density at radius 1 is 1.07 bits per heavy atom. The SMILES string of the molecule is CCC(=O)N(C)CCN(C)C(=S)CC. The molecule has 0 N–H and O–H groups in total. The van der Waals surface area contributed by atoms with Gasteiger partial charge in [-0.3, -0.25) is 4.79 Å². The van der Waals surface area contributed by atoms with Crippen LogP contribution in [-0.4, -0.2) is 47.9 Å². The monoisotopic (exact) mass is 216 g/mol. The van der Waals surface area contributed by atoms with Gasteiger partial charge in [-0.05, 0) is 6.42 Å². The van der Waals surface area contributed by atoms with Gasteiger partial charge in [0, 0.05) is 33.6 Å². The van der Waals surface area contributed by atoms with E-state index < -0.39 is 0 Å². The molecule has 0 saturated heterocycles. The van der Waals surface area contributed by atoms with E-state index in [4.69, 9.17) is 12.2 Å². The summed E-state index contributed by atoms with van der Waals surface area (Å²) in [6.45, 7) is 5.47. The van der Waals surface area contributed by atoms with Crippen molar-refractivity contribution >= 4 is 23.1 Å². The smallest absolute Gasteiger partial charge is 0.222 e. The Kier molecular flexibility index (Phi) is 6.45. The average molecular weight is 216 g/mol. The van der Waals surface area contributed by atoms with Gasteiger partial charge in [0.1, 0.15) is 0 Å². The number of thiocarbonyl (C=S) groups is 1. The second-order valence-electron chi connectivity index (χ2n) is 3.34. The van der Waals surface area contributed by atoms with Crippen molar-refractivity contribution in [1.82, 2.24) is 9.80 Å². The Hall–Kier alpha value is -0.640. The van der Waals surface area contributed by atoms with Crippen LogP contribution in [0.5, 0.6) is 0 Å². The predicted molar refractivity (Wildman–Crippen MR) is 63.4 cm³/mol. The summed E-state index contributed by atoms with van der Waals surface area (Å²) in [6, 6.07) is 0. The molecule has 0 bridgehead atoms. The molecule has 0 radical (unpaired) electrons. The lowest BCUT2D eigenvalue weighted by molar-refractivity contribution is -0.129. The highest BCUT2D eigenvalue weighted by Crippen LogP contribution is 1.95. The minimum atomic E-state index is 0.181. The molecule has 3 nitrogen and oxygen atoms in total. The molecule has 0 aromatic rings. The van der Waals surface area contributed by atoms with Crippen molar-refractivity contribution in [3.05, 3.63) is 0 Å². The summed E-state index contributed by atoms with van der Waals surface area (Å²) in [4.78, 5) is 16.0. The largest absolute Gasteiger partial charge is 0.367 e. The van der Waals surface area contributed by atoms with Gasteiger partial charge in [0.25, 0.3) is 0 Å². The van der Waals surface area contributed by atoms with Gasteiger partial charge < -0.3 is 9.80 Å². The standard InChI is InChI=1S/C10H20N2OS/c1-5-9(13)11(3)7-8-12(4)10(14)6-2/h5-8H2,1-4H3. The van der Waals surface area contributed by atoms with E-state index in [1.54, 1.807) is 4.90 Å². The quantitative estimate of drug-likeness (QED) is 0.651. The lowest BCUT2D eigenvalue weighted by Gasteiger charge is -2.23. The van der Waals surface area contributed by atoms with Crippen LogP contribution in [0.15, 0.2) is 0 Å². The van der Waals surface area contributed by atoms with Crippen LogP contribution in [0, 0.1) is 0 Å². The minimum Gasteiger partial charge on any atom is -0.367 e. The van der Waals surface area contributed by atoms with Gasteiger partial charge in [0.15, 0.2) is 0 Å². The molecule has 0 aromatic carbocycles. The zero-order valence-electron chi connectivity index (χ0n) is 9.54. The second-order valence-corrected chi connectivity index (χ2v) is 3.81. The van der Waals surface area contributed by atoms with Gasteiger partial charge in [-0.2, -0.15) is 0 Å². The second kappa shape index (κ2) is 6.76. The van der Waals surface area contributed by atoms with Gasteiger partial charge in [0.05, 0.1) is 4.99 Å². The van der Waals surface area contributed by atoms with Crippen LogP contribution in [0.3, 0.4) is 0 Å². The molecule has 0 spiro atoms. The highest BCUT2D eigenvalue weighted by atomic mass is 32.1. The summed E-state index contributed by atoms with van der Waals surface area (Å²) in [7, 11) is 3.80. The number of hydrogen-bond acceptors (Lipinski definition) is 2. The molecular weight excluding hydrogens is 196 g/mol. The van der Waals surface area contributed by atoms with Crippen molar-refractivity contribution in [1.29, 1.82) is 0 Å². The van der Waals surface area contributed by atoms with E-state index in [1.165, 1.54) is 0 Å². The average Bonchev–Trinajstić information content (AvgIpc) is 2.22. The van der Waals surface area contributed by atoms with E-state index in [-0.39, 0.29) is 5.91 Å². The van der Waals surface area contributed by atoms with Crippen LogP contribution in [0.25, 0.3) is 0 Å². The van der Waals surface area contributed by atoms with E-state index in [0.717, 1.165) is 24.5 Å². The number of nitrogens with zero attached hydrogens (tertiary/aromatic N) is 2. The molecule has 0 aliphatic heterocycles. The summed E-state index contributed by atoms with van der Waals surface area (Å²) in [5, 5.41) is 0. The Bertz CT molecular complexity index is 184. The third-order valence-electron chi connectivity index (χ3n) is 2.23. The molecule has 0 atom stereocenters. The van der Waals surface area contributed by atoms with Crippen LogP contribution < -0.4 is 0 Å². The van der Waals surface area contributed by atoms with Gasteiger partial charge in [0.2, 0.25) is 5.91 Å². The number of rotatable bonds is 5. The van der Waals surface area contributed by atoms with E-state index in [1.807, 2.05) is 32.8 Å². The predicted octanol–water partition coefficient (Wildman–Crippen LogP) is 1.52. The van der Waals surface area contributed by atoms with Crippen LogP contribution in [0.1, 0.15) is 26.7 Å². The first-order valence-electron chi connectivity index (χ1n) is 5.00. The number of carbonyl (C=O) groups is 1. The van der Waals surface area contributed by atoms with Crippen molar-refractivity contribution in [3.63, 3.8) is 0 Å². The lowest BCUT2D eigenvalue weighted by atomic mass is 10.4. The molecule has 0 heterocycles. The normalized spacial score (nSPS) is 9.71. The molecule has 0 aromatic heterocycles. The Balaban J connectivity index is 3.82. The first-order valence-corrected chi connectivity index (χ1v) is 5.41. The summed E-state index contributed by atoms with van der Waals surface area (Å²) in [6.07, 6.45) is 1.45. The topological polar surface area (TPSA) is 23.6 Å². The first-order chi connectivity index (χ1) is 6.52. The summed E-state index contributed by atoms with van der Waals surface area (Å²) in [5.41, 5.74) is 0. The molecule has 0 aliphatic rings. The molecule has 0 unspecified atom stereocenters. The highest BCUT2D eigenvalue weighted by Gasteiger charge is 2.07. The van der Waals surface area contributed by atoms with Crippen molar-refractivity contribution in [2.24, 2.45) is 0 Å². The third kappa shape index (κ3) is 4.56. The van der Waals surface area contributed by atoms with Gasteiger partial charge in [-0.25, -0.2) is 0 Å². The van der Waals surface area contributed by atoms with E-state index in [9.17, 15) is 4.79 Å². The highest BCUT2D eigenvalue weighted by molar-refractivity contribution is 7.80. The van der Waals surface area contributed by atoms with Crippen molar-refractivity contribution in [3.8, 4) is 0 Å². The zero-order valence-corrected chi connectivity index (χ0v) is 10.4. The van der Waals surface area contributed by atoms with Gasteiger partial charge in [-0.15, -0.1) is 0 Å². The number of amides is 1. The molecule has 0 saturated carbocycles. The number of likely N-dealkylation sites (N-methyl/N-ethyl adjacent to an activating group) is 2. The van der Waals surface area contributed by atoms with Crippen LogP contribution >= 0.6 is 12.2 Å². The maximum Gasteiger partial charge on any atom is 0.222 e. The summed E-state index contributed by atoms with van der Waals surface area (Å²) < 4.78 is 0. The zero-order chi connectivity index (χ0) is 11.1. The van der Waals surface area contributed by atoms with Crippen molar-refractivity contribution in [2.75, 3.05) is 27.2 Å². The maximum atomic E-state index is 11.2. The van der Waals surface area contributed by atoms with Gasteiger partial charge in [-0.1, -0.05) is 26.1 Å². The van der Waals surface area contributed by atoms with E-state index >= 15 is 0 Å². The molecule has 14 heavy (non-hydrogen) atoms. The first kappa shape index (κ1) is 13.4. The molecule has 1 amide bonds. The van der Waals surface area contributed by atoms with Crippen LogP contribution in [0.4, 0.5) is 0 Å². The molecule has 0 rings (SSSR count). The number of carbonyl (C=O) groups excluding carboxylic acids is 1. The molecule has 0 fully saturated rings. The lowest BCUT2D eigenvalue weighted by Crippen LogP contribution is -2.36. The third-order valence-corrected chi connectivity index (χ3v) is 2.83. The Labute approximate surface area is 92.1 Å². The fraction of sp³-hybridized carbons (Fsp3) is 0.800. The molecular formula is C10H20N2OS. The Morgan fingerprint density at radius 3 is 2.00 bits per heavy atom. The Morgan fingerprint density at radius 2 is 1.57 bits per heavy atom. The molecule has 0 aliphatic carbocycles. The van der Waals surface area contributed by atoms with Crippen molar-refractivity contribution < 1.29 is 4.79 Å². The summed E-state index contributed by atoms with van der Waals surface area (Å²) in [5.74, 6) is 0.181.